The summed E-state index contributed by atoms with van der Waals surface area (Å²) in [6.07, 6.45) is 3.76. The summed E-state index contributed by atoms with van der Waals surface area (Å²) in [6.45, 7) is 5.55. The third kappa shape index (κ3) is 4.09. The Balaban J connectivity index is 2.07. The quantitative estimate of drug-likeness (QED) is 0.683. The first kappa shape index (κ1) is 21.6. The van der Waals surface area contributed by atoms with Crippen LogP contribution in [-0.2, 0) is 14.8 Å². The zero-order chi connectivity index (χ0) is 20.5. The average molecular weight is 446 g/mol. The lowest BCUT2D eigenvalue weighted by molar-refractivity contribution is -0.135. The van der Waals surface area contributed by atoms with E-state index >= 15 is 0 Å². The first-order valence-corrected chi connectivity index (χ1v) is 11.5. The van der Waals surface area contributed by atoms with Gasteiger partial charge in [0.05, 0.1) is 4.90 Å². The van der Waals surface area contributed by atoms with Crippen LogP contribution in [0.4, 0.5) is 0 Å². The first-order valence-electron chi connectivity index (χ1n) is 9.35. The van der Waals surface area contributed by atoms with Crippen LogP contribution in [-0.4, -0.2) is 62.3 Å². The van der Waals surface area contributed by atoms with E-state index in [0.717, 1.165) is 6.42 Å². The third-order valence-corrected chi connectivity index (χ3v) is 7.83. The monoisotopic (exact) mass is 445 g/mol. The molecule has 2 aliphatic rings. The Bertz CT molecular complexity index is 842. The lowest BCUT2D eigenvalue weighted by Crippen LogP contribution is -2.54. The number of carbonyl (C=O) groups excluding carboxylic acids is 1. The van der Waals surface area contributed by atoms with Crippen molar-refractivity contribution in [3.63, 3.8) is 0 Å². The summed E-state index contributed by atoms with van der Waals surface area (Å²) in [7, 11) is -2.13. The van der Waals surface area contributed by atoms with Gasteiger partial charge in [-0.15, -0.1) is 6.58 Å². The lowest BCUT2D eigenvalue weighted by atomic mass is 9.90. The second kappa shape index (κ2) is 8.71. The lowest BCUT2D eigenvalue weighted by Gasteiger charge is -2.40. The fourth-order valence-electron chi connectivity index (χ4n) is 4.14. The molecule has 2 fully saturated rings. The van der Waals surface area contributed by atoms with Crippen molar-refractivity contribution < 1.29 is 13.2 Å². The number of nitrogens with one attached hydrogen (secondary N) is 1. The Kier molecular flexibility index (Phi) is 6.72. The van der Waals surface area contributed by atoms with Gasteiger partial charge in [-0.05, 0) is 44.5 Å². The third-order valence-electron chi connectivity index (χ3n) is 5.48. The molecule has 2 unspecified atom stereocenters. The Morgan fingerprint density at radius 3 is 2.54 bits per heavy atom. The molecule has 0 saturated carbocycles. The van der Waals surface area contributed by atoms with Crippen molar-refractivity contribution in [1.82, 2.24) is 14.5 Å². The molecule has 2 bridgehead atoms. The van der Waals surface area contributed by atoms with E-state index in [2.05, 4.69) is 11.9 Å². The van der Waals surface area contributed by atoms with E-state index in [9.17, 15) is 13.2 Å². The van der Waals surface area contributed by atoms with Gasteiger partial charge in [0, 0.05) is 41.6 Å². The smallest absolute Gasteiger partial charge is 0.244 e. The number of hydrogen-bond acceptors (Lipinski definition) is 4. The zero-order valence-electron chi connectivity index (χ0n) is 15.8. The molecule has 1 N–H and O–H groups in total. The number of fused-ring (bicyclic) bond motifs is 2. The molecule has 2 heterocycles. The number of benzene rings is 1. The predicted octanol–water partition coefficient (Wildman–Crippen LogP) is 2.77. The van der Waals surface area contributed by atoms with Crippen LogP contribution in [0.25, 0.3) is 0 Å². The Morgan fingerprint density at radius 2 is 1.93 bits per heavy atom. The Labute approximate surface area is 176 Å². The normalized spacial score (nSPS) is 26.2. The molecule has 0 aromatic heterocycles. The highest BCUT2D eigenvalue weighted by atomic mass is 35.5. The molecule has 1 aromatic carbocycles. The van der Waals surface area contributed by atoms with E-state index < -0.39 is 16.1 Å². The molecule has 0 radical (unpaired) electrons. The fourth-order valence-corrected chi connectivity index (χ4v) is 6.74. The minimum absolute atomic E-state index is 0.0150. The standard InChI is InChI=1S/C19H25Cl2N3O3S/c1-3-13-12-23(8-7-22-2)19(25)18-6-4-5-17(13)24(18)28(26,27)16-10-14(20)9-15(21)11-16/h3,9-11,13,17-18,22H,1,4-8,12H2,2H3/t13-,17?,18?/m0/s1. The van der Waals surface area contributed by atoms with Gasteiger partial charge in [-0.25, -0.2) is 8.42 Å². The molecule has 28 heavy (non-hydrogen) atoms. The van der Waals surface area contributed by atoms with Crippen molar-refractivity contribution in [2.24, 2.45) is 5.92 Å². The summed E-state index contributed by atoms with van der Waals surface area (Å²) >= 11 is 12.1. The molecule has 2 saturated heterocycles. The molecular weight excluding hydrogens is 421 g/mol. The Morgan fingerprint density at radius 1 is 1.25 bits per heavy atom. The van der Waals surface area contributed by atoms with E-state index in [0.29, 0.717) is 32.5 Å². The maximum Gasteiger partial charge on any atom is 0.244 e. The SMILES string of the molecule is C=C[C@H]1CN(CCNC)C(=O)C2CCCC1N2S(=O)(=O)c1cc(Cl)cc(Cl)c1. The van der Waals surface area contributed by atoms with Gasteiger partial charge < -0.3 is 10.2 Å². The molecule has 9 heteroatoms. The number of likely N-dealkylation sites (N-methyl/N-ethyl adjacent to an activating group) is 1. The average Bonchev–Trinajstić information content (AvgIpc) is 2.72. The van der Waals surface area contributed by atoms with Gasteiger partial charge in [-0.2, -0.15) is 4.31 Å². The molecular formula is C19H25Cl2N3O3S. The van der Waals surface area contributed by atoms with Gasteiger partial charge in [0.15, 0.2) is 0 Å². The summed E-state index contributed by atoms with van der Waals surface area (Å²) in [6, 6.07) is 3.22. The van der Waals surface area contributed by atoms with Crippen LogP contribution in [0.15, 0.2) is 35.7 Å². The molecule has 0 aliphatic carbocycles. The number of piperidine rings is 1. The number of sulfonamides is 1. The number of rotatable bonds is 6. The molecule has 1 amide bonds. The van der Waals surface area contributed by atoms with Gasteiger partial charge in [0.25, 0.3) is 0 Å². The number of carbonyl (C=O) groups is 1. The topological polar surface area (TPSA) is 69.7 Å². The van der Waals surface area contributed by atoms with E-state index in [1.165, 1.54) is 22.5 Å². The van der Waals surface area contributed by atoms with Crippen molar-refractivity contribution >= 4 is 39.1 Å². The summed E-state index contributed by atoms with van der Waals surface area (Å²) in [5, 5.41) is 3.53. The Hall–Kier alpha value is -1.12. The number of nitrogens with zero attached hydrogens (tertiary/aromatic N) is 2. The molecule has 154 valence electrons. The van der Waals surface area contributed by atoms with Crippen LogP contribution in [0, 0.1) is 5.92 Å². The van der Waals surface area contributed by atoms with Gasteiger partial charge in [-0.1, -0.05) is 29.3 Å². The van der Waals surface area contributed by atoms with Crippen molar-refractivity contribution in [3.05, 3.63) is 40.9 Å². The highest BCUT2D eigenvalue weighted by Gasteiger charge is 2.49. The van der Waals surface area contributed by atoms with Crippen LogP contribution in [0.2, 0.25) is 10.0 Å². The summed E-state index contributed by atoms with van der Waals surface area (Å²) in [5.41, 5.74) is 0. The van der Waals surface area contributed by atoms with E-state index in [1.54, 1.807) is 11.0 Å². The fraction of sp³-hybridized carbons (Fsp3) is 0.526. The summed E-state index contributed by atoms with van der Waals surface area (Å²) in [5.74, 6) is -0.295. The maximum absolute atomic E-state index is 13.6. The second-order valence-electron chi connectivity index (χ2n) is 7.24. The van der Waals surface area contributed by atoms with Gasteiger partial charge >= 0.3 is 0 Å². The summed E-state index contributed by atoms with van der Waals surface area (Å²) in [4.78, 5) is 15.0. The van der Waals surface area contributed by atoms with Crippen LogP contribution in [0.1, 0.15) is 19.3 Å². The van der Waals surface area contributed by atoms with Crippen LogP contribution < -0.4 is 5.32 Å². The van der Waals surface area contributed by atoms with Gasteiger partial charge in [0.1, 0.15) is 6.04 Å². The molecule has 1 aromatic rings. The van der Waals surface area contributed by atoms with Crippen LogP contribution in [0.5, 0.6) is 0 Å². The minimum atomic E-state index is -3.96. The molecule has 2 aliphatic heterocycles. The van der Waals surface area contributed by atoms with Crippen molar-refractivity contribution in [2.75, 3.05) is 26.7 Å². The molecule has 6 nitrogen and oxygen atoms in total. The highest BCUT2D eigenvalue weighted by molar-refractivity contribution is 7.89. The number of amides is 1. The number of halogens is 2. The maximum atomic E-state index is 13.6. The van der Waals surface area contributed by atoms with Crippen molar-refractivity contribution in [2.45, 2.75) is 36.2 Å². The zero-order valence-corrected chi connectivity index (χ0v) is 18.1. The highest BCUT2D eigenvalue weighted by Crippen LogP contribution is 2.38. The first-order chi connectivity index (χ1) is 13.3. The summed E-state index contributed by atoms with van der Waals surface area (Å²) < 4.78 is 28.5. The van der Waals surface area contributed by atoms with Gasteiger partial charge in [-0.3, -0.25) is 4.79 Å². The number of hydrogen-bond donors (Lipinski definition) is 1. The predicted molar refractivity (Wildman–Crippen MR) is 111 cm³/mol. The molecule has 3 rings (SSSR count). The van der Waals surface area contributed by atoms with Crippen LogP contribution >= 0.6 is 23.2 Å². The molecule has 3 atom stereocenters. The van der Waals surface area contributed by atoms with E-state index in [4.69, 9.17) is 23.2 Å². The van der Waals surface area contributed by atoms with Crippen LogP contribution in [0.3, 0.4) is 0 Å². The van der Waals surface area contributed by atoms with Crippen molar-refractivity contribution in [1.29, 1.82) is 0 Å². The minimum Gasteiger partial charge on any atom is -0.339 e. The van der Waals surface area contributed by atoms with E-state index in [-0.39, 0.29) is 32.8 Å². The van der Waals surface area contributed by atoms with Crippen molar-refractivity contribution in [3.8, 4) is 0 Å². The largest absolute Gasteiger partial charge is 0.339 e. The van der Waals surface area contributed by atoms with E-state index in [1.807, 2.05) is 7.05 Å². The second-order valence-corrected chi connectivity index (χ2v) is 9.96. The van der Waals surface area contributed by atoms with Gasteiger partial charge in [0.2, 0.25) is 15.9 Å². The molecule has 0 spiro atoms.